The minimum atomic E-state index is 0. The third kappa shape index (κ3) is 8.58. The molecule has 1 heteroatoms. The van der Waals surface area contributed by atoms with E-state index < -0.39 is 0 Å². The van der Waals surface area contributed by atoms with Gasteiger partial charge >= 0.3 is 0 Å². The Morgan fingerprint density at radius 3 is 2.18 bits per heavy atom. The van der Waals surface area contributed by atoms with Gasteiger partial charge in [-0.05, 0) is 58.3 Å². The van der Waals surface area contributed by atoms with Gasteiger partial charge in [0, 0.05) is 0 Å². The quantitative estimate of drug-likeness (QED) is 0.331. The van der Waals surface area contributed by atoms with Crippen molar-refractivity contribution in [2.45, 2.75) is 85.5 Å². The molecule has 2 atom stereocenters. The molecule has 128 valence electrons. The molecule has 0 heterocycles. The molecule has 0 aromatic carbocycles. The molecule has 1 fully saturated rings. The normalized spacial score (nSPS) is 20.9. The van der Waals surface area contributed by atoms with Crippen molar-refractivity contribution in [2.75, 3.05) is 0 Å². The van der Waals surface area contributed by atoms with Crippen molar-refractivity contribution in [1.29, 1.82) is 0 Å². The van der Waals surface area contributed by atoms with E-state index in [4.69, 9.17) is 0 Å². The molecule has 1 aliphatic rings. The number of unbranched alkanes of at least 4 members (excludes halogenated alkanes) is 3. The third-order valence-corrected chi connectivity index (χ3v) is 5.06. The maximum absolute atomic E-state index is 2.33. The van der Waals surface area contributed by atoms with Crippen LogP contribution in [0.15, 0.2) is 35.5 Å². The van der Waals surface area contributed by atoms with Gasteiger partial charge in [-0.1, -0.05) is 74.5 Å². The first-order valence-electron chi connectivity index (χ1n) is 9.12. The highest BCUT2D eigenvalue weighted by atomic mass is 14.3. The van der Waals surface area contributed by atoms with Crippen LogP contribution in [0.25, 0.3) is 0 Å². The Hall–Kier alpha value is -0.820. The Balaban J connectivity index is 0.00000441. The van der Waals surface area contributed by atoms with Gasteiger partial charge in [0.25, 0.3) is 0 Å². The van der Waals surface area contributed by atoms with Gasteiger partial charge in [0.1, 0.15) is 0 Å². The summed E-state index contributed by atoms with van der Waals surface area (Å²) in [5.74, 6) is 2.16. The molecule has 22 heavy (non-hydrogen) atoms. The van der Waals surface area contributed by atoms with Crippen LogP contribution in [0.1, 0.15) is 85.5 Å². The predicted molar refractivity (Wildman–Crippen MR) is 102 cm³/mol. The summed E-state index contributed by atoms with van der Waals surface area (Å²) < 4.78 is 0. The monoisotopic (exact) mass is 305 g/mol. The molecule has 1 saturated carbocycles. The van der Waals surface area contributed by atoms with E-state index in [2.05, 4.69) is 52.0 Å². The Labute approximate surface area is 139 Å². The van der Waals surface area contributed by atoms with Crippen molar-refractivity contribution in [3.05, 3.63) is 35.5 Å². The van der Waals surface area contributed by atoms with Crippen LogP contribution in [0, 0.1) is 11.8 Å². The van der Waals surface area contributed by atoms with E-state index in [-0.39, 0.29) is 6.15 Å². The fourth-order valence-electron chi connectivity index (χ4n) is 3.16. The highest BCUT2D eigenvalue weighted by molar-refractivity contribution is 5.23. The average molecular weight is 306 g/mol. The second-order valence-corrected chi connectivity index (χ2v) is 6.99. The first kappa shape index (κ1) is 21.2. The summed E-state index contributed by atoms with van der Waals surface area (Å²) in [5.41, 5.74) is 2.78. The predicted octanol–water partition coefficient (Wildman–Crippen LogP) is 7.39. The van der Waals surface area contributed by atoms with Crippen molar-refractivity contribution in [3.63, 3.8) is 0 Å². The summed E-state index contributed by atoms with van der Waals surface area (Å²) in [5, 5.41) is 0. The molecule has 0 bridgehead atoms. The van der Waals surface area contributed by atoms with Gasteiger partial charge in [-0.3, -0.25) is 0 Å². The fraction of sp³-hybridized carbons (Fsp3) is 0.714. The van der Waals surface area contributed by atoms with Crippen molar-refractivity contribution in [2.24, 2.45) is 11.8 Å². The van der Waals surface area contributed by atoms with E-state index in [1.165, 1.54) is 68.9 Å². The highest BCUT2D eigenvalue weighted by Crippen LogP contribution is 2.40. The van der Waals surface area contributed by atoms with Crippen LogP contribution in [0.4, 0.5) is 0 Å². The molecule has 0 spiro atoms. The van der Waals surface area contributed by atoms with E-state index in [1.807, 2.05) is 0 Å². The topological polar surface area (TPSA) is 35.0 Å². The maximum atomic E-state index is 2.33. The Kier molecular flexibility index (Phi) is 12.2. The van der Waals surface area contributed by atoms with Crippen LogP contribution in [-0.4, -0.2) is 0 Å². The molecular formula is C21H39N. The molecule has 3 N–H and O–H groups in total. The Morgan fingerprint density at radius 2 is 1.59 bits per heavy atom. The number of hydrogen-bond donors (Lipinski definition) is 1. The van der Waals surface area contributed by atoms with Crippen LogP contribution in [0.5, 0.6) is 0 Å². The number of allylic oxidation sites excluding steroid dienone is 6. The molecule has 1 rings (SSSR count). The number of hydrogen-bond acceptors (Lipinski definition) is 1. The van der Waals surface area contributed by atoms with Gasteiger partial charge < -0.3 is 6.15 Å². The lowest BCUT2D eigenvalue weighted by Crippen LogP contribution is -2.25. The largest absolute Gasteiger partial charge is 0.344 e. The summed E-state index contributed by atoms with van der Waals surface area (Å²) >= 11 is 0. The van der Waals surface area contributed by atoms with E-state index in [9.17, 15) is 0 Å². The summed E-state index contributed by atoms with van der Waals surface area (Å²) in [6.45, 7) is 8.83. The van der Waals surface area contributed by atoms with Gasteiger partial charge in [-0.15, -0.1) is 0 Å². The summed E-state index contributed by atoms with van der Waals surface area (Å²) in [6.07, 6.45) is 21.7. The molecule has 0 aromatic heterocycles. The minimum absolute atomic E-state index is 0. The second kappa shape index (κ2) is 12.7. The lowest BCUT2D eigenvalue weighted by atomic mass is 9.69. The van der Waals surface area contributed by atoms with Crippen molar-refractivity contribution >= 4 is 0 Å². The summed E-state index contributed by atoms with van der Waals surface area (Å²) in [6, 6.07) is 0. The zero-order valence-electron chi connectivity index (χ0n) is 15.5. The molecule has 1 aliphatic carbocycles. The van der Waals surface area contributed by atoms with Crippen molar-refractivity contribution in [1.82, 2.24) is 6.15 Å². The van der Waals surface area contributed by atoms with E-state index in [0.717, 1.165) is 11.8 Å². The first-order valence-corrected chi connectivity index (χ1v) is 9.12. The van der Waals surface area contributed by atoms with Gasteiger partial charge in [0.05, 0.1) is 0 Å². The van der Waals surface area contributed by atoms with Gasteiger partial charge in [0.15, 0.2) is 0 Å². The van der Waals surface area contributed by atoms with Crippen molar-refractivity contribution in [3.8, 4) is 0 Å². The average Bonchev–Trinajstić information content (AvgIpc) is 2.45. The lowest BCUT2D eigenvalue weighted by Gasteiger charge is -2.36. The zero-order chi connectivity index (χ0) is 15.5. The molecule has 0 aliphatic heterocycles. The molecule has 0 saturated heterocycles. The summed E-state index contributed by atoms with van der Waals surface area (Å²) in [7, 11) is 0. The third-order valence-electron chi connectivity index (χ3n) is 5.06. The van der Waals surface area contributed by atoms with E-state index in [0.29, 0.717) is 0 Å². The maximum Gasteiger partial charge on any atom is -0.0348 e. The van der Waals surface area contributed by atoms with Crippen molar-refractivity contribution < 1.29 is 0 Å². The molecule has 0 aromatic rings. The SMILES string of the molecule is CCCC1CCC1CCCCCC=CC=CC(C)=C(C)C.N. The van der Waals surface area contributed by atoms with Gasteiger partial charge in [0.2, 0.25) is 0 Å². The second-order valence-electron chi connectivity index (χ2n) is 6.99. The van der Waals surface area contributed by atoms with Crippen LogP contribution in [-0.2, 0) is 0 Å². The van der Waals surface area contributed by atoms with Crippen LogP contribution >= 0.6 is 0 Å². The minimum Gasteiger partial charge on any atom is -0.344 e. The van der Waals surface area contributed by atoms with Crippen LogP contribution in [0.2, 0.25) is 0 Å². The molecule has 0 radical (unpaired) electrons. The van der Waals surface area contributed by atoms with Gasteiger partial charge in [-0.25, -0.2) is 0 Å². The van der Waals surface area contributed by atoms with E-state index >= 15 is 0 Å². The molecule has 2 unspecified atom stereocenters. The highest BCUT2D eigenvalue weighted by Gasteiger charge is 2.28. The van der Waals surface area contributed by atoms with E-state index in [1.54, 1.807) is 0 Å². The fourth-order valence-corrected chi connectivity index (χ4v) is 3.16. The van der Waals surface area contributed by atoms with Gasteiger partial charge in [-0.2, -0.15) is 0 Å². The lowest BCUT2D eigenvalue weighted by molar-refractivity contribution is 0.148. The Bertz CT molecular complexity index is 358. The first-order chi connectivity index (χ1) is 10.1. The van der Waals surface area contributed by atoms with Crippen LogP contribution in [0.3, 0.4) is 0 Å². The smallest absolute Gasteiger partial charge is 0.0348 e. The molecule has 1 nitrogen and oxygen atoms in total. The summed E-state index contributed by atoms with van der Waals surface area (Å²) in [4.78, 5) is 0. The number of rotatable bonds is 10. The zero-order valence-corrected chi connectivity index (χ0v) is 15.5. The molecular weight excluding hydrogens is 266 g/mol. The standard InChI is InChI=1S/C21H36.H3N/c1-5-13-20-16-17-21(20)15-12-10-8-6-7-9-11-14-19(4)18(2)3;/h7,9,11,14,20-21H,5-6,8,10,12-13,15-17H2,1-4H3;1H3. The molecule has 0 amide bonds. The Morgan fingerprint density at radius 1 is 0.909 bits per heavy atom. The van der Waals surface area contributed by atoms with Crippen LogP contribution < -0.4 is 6.15 Å².